The predicted octanol–water partition coefficient (Wildman–Crippen LogP) is 4.06. The van der Waals surface area contributed by atoms with Crippen LogP contribution in [-0.4, -0.2) is 63.3 Å². The first-order valence-corrected chi connectivity index (χ1v) is 13.8. The first kappa shape index (κ1) is 28.0. The number of nitrogens with zero attached hydrogens (tertiary/aromatic N) is 3. The lowest BCUT2D eigenvalue weighted by Gasteiger charge is -2.41. The minimum atomic E-state index is -0.373. The van der Waals surface area contributed by atoms with Crippen molar-refractivity contribution in [2.45, 2.75) is 63.6 Å². The third-order valence-electron chi connectivity index (χ3n) is 7.75. The average Bonchev–Trinajstić information content (AvgIpc) is 3.44. The van der Waals surface area contributed by atoms with Crippen molar-refractivity contribution in [1.29, 1.82) is 5.26 Å². The van der Waals surface area contributed by atoms with Crippen LogP contribution < -0.4 is 15.4 Å². The van der Waals surface area contributed by atoms with Crippen molar-refractivity contribution in [1.82, 2.24) is 20.7 Å². The van der Waals surface area contributed by atoms with Gasteiger partial charge in [0, 0.05) is 56.3 Å². The zero-order valence-corrected chi connectivity index (χ0v) is 22.8. The number of hydrogen-bond acceptors (Lipinski definition) is 9. The molecule has 2 amide bonds. The summed E-state index contributed by atoms with van der Waals surface area (Å²) in [6.45, 7) is 3.34. The van der Waals surface area contributed by atoms with Gasteiger partial charge < -0.3 is 35.0 Å². The fourth-order valence-corrected chi connectivity index (χ4v) is 5.68. The van der Waals surface area contributed by atoms with Crippen molar-refractivity contribution in [2.24, 2.45) is 0 Å². The molecule has 0 radical (unpaired) electrons. The first-order chi connectivity index (χ1) is 19.8. The summed E-state index contributed by atoms with van der Waals surface area (Å²) in [5.41, 5.74) is 0.648. The summed E-state index contributed by atoms with van der Waals surface area (Å²) >= 11 is 0. The molecule has 2 fully saturated rings. The number of aromatic hydroxyl groups is 2. The number of nitrogens with one attached hydrogen (secondary N) is 2. The molecular formula is C30H33N5O6. The van der Waals surface area contributed by atoms with Crippen molar-refractivity contribution in [3.05, 3.63) is 53.7 Å². The number of aromatic nitrogens is 1. The number of nitriles is 1. The number of phenolic OH excluding ortho intramolecular Hbond substituents is 2. The van der Waals surface area contributed by atoms with E-state index in [2.05, 4.69) is 20.7 Å². The third-order valence-corrected chi connectivity index (χ3v) is 7.75. The SMILES string of the molecule is CC(=O)NC1CCC(N2CCC(NC(=O)c3cc(-c4c(O)cc(O)cc4Oc4ccc(C#N)cc4)on3)CC2)CC1. The van der Waals surface area contributed by atoms with Gasteiger partial charge >= 0.3 is 0 Å². The number of benzene rings is 2. The van der Waals surface area contributed by atoms with Gasteiger partial charge in [0.25, 0.3) is 5.91 Å². The largest absolute Gasteiger partial charge is 0.508 e. The van der Waals surface area contributed by atoms with Crippen molar-refractivity contribution < 1.29 is 29.1 Å². The molecule has 0 spiro atoms. The van der Waals surface area contributed by atoms with Gasteiger partial charge in [-0.1, -0.05) is 5.16 Å². The summed E-state index contributed by atoms with van der Waals surface area (Å²) in [7, 11) is 0. The molecule has 0 atom stereocenters. The Balaban J connectivity index is 1.19. The molecule has 1 aliphatic heterocycles. The second kappa shape index (κ2) is 12.3. The van der Waals surface area contributed by atoms with E-state index in [4.69, 9.17) is 14.5 Å². The van der Waals surface area contributed by atoms with Crippen LogP contribution in [-0.2, 0) is 4.79 Å². The molecule has 4 N–H and O–H groups in total. The van der Waals surface area contributed by atoms with Crippen LogP contribution in [0.15, 0.2) is 47.0 Å². The molecule has 0 bridgehead atoms. The van der Waals surface area contributed by atoms with E-state index in [0.717, 1.165) is 57.7 Å². The fourth-order valence-electron chi connectivity index (χ4n) is 5.68. The van der Waals surface area contributed by atoms with E-state index in [0.29, 0.717) is 17.4 Å². The van der Waals surface area contributed by atoms with Gasteiger partial charge in [-0.05, 0) is 62.8 Å². The van der Waals surface area contributed by atoms with Crippen LogP contribution in [0.2, 0.25) is 0 Å². The number of likely N-dealkylation sites (tertiary alicyclic amines) is 1. The minimum absolute atomic E-state index is 0.00645. The van der Waals surface area contributed by atoms with Crippen molar-refractivity contribution in [3.8, 4) is 40.4 Å². The topological polar surface area (TPSA) is 161 Å². The highest BCUT2D eigenvalue weighted by Crippen LogP contribution is 2.43. The van der Waals surface area contributed by atoms with Crippen molar-refractivity contribution >= 4 is 11.8 Å². The monoisotopic (exact) mass is 559 g/mol. The van der Waals surface area contributed by atoms with Gasteiger partial charge in [0.05, 0.1) is 11.6 Å². The molecule has 1 aliphatic carbocycles. The summed E-state index contributed by atoms with van der Waals surface area (Å²) < 4.78 is 11.3. The molecule has 2 heterocycles. The first-order valence-electron chi connectivity index (χ1n) is 13.8. The van der Waals surface area contributed by atoms with E-state index in [9.17, 15) is 19.8 Å². The van der Waals surface area contributed by atoms with E-state index in [1.54, 1.807) is 31.2 Å². The lowest BCUT2D eigenvalue weighted by molar-refractivity contribution is -0.119. The normalized spacial score (nSPS) is 19.7. The van der Waals surface area contributed by atoms with Crippen LogP contribution in [0.25, 0.3) is 11.3 Å². The van der Waals surface area contributed by atoms with Crippen LogP contribution in [0.1, 0.15) is 61.5 Å². The maximum absolute atomic E-state index is 13.0. The van der Waals surface area contributed by atoms with Gasteiger partial charge in [0.1, 0.15) is 28.6 Å². The molecule has 5 rings (SSSR count). The molecule has 1 aromatic heterocycles. The van der Waals surface area contributed by atoms with Crippen LogP contribution in [0, 0.1) is 11.3 Å². The number of carbonyl (C=O) groups excluding carboxylic acids is 2. The molecule has 11 nitrogen and oxygen atoms in total. The molecule has 2 aromatic carbocycles. The molecule has 214 valence electrons. The number of hydrogen-bond donors (Lipinski definition) is 4. The Morgan fingerprint density at radius 2 is 1.68 bits per heavy atom. The Morgan fingerprint density at radius 1 is 1.00 bits per heavy atom. The smallest absolute Gasteiger partial charge is 0.273 e. The molecule has 1 saturated carbocycles. The standard InChI is InChI=1S/C30H33N5O6/c1-18(36)32-20-4-6-22(7-5-20)35-12-10-21(11-13-35)33-30(39)25-16-28(41-34-25)29-26(38)14-23(37)15-27(29)40-24-8-2-19(17-31)3-9-24/h2-3,8-9,14-16,20-22,37-38H,4-7,10-13H2,1H3,(H,32,36)(H,33,39). The van der Waals surface area contributed by atoms with E-state index < -0.39 is 0 Å². The molecule has 2 aliphatic rings. The molecule has 1 saturated heterocycles. The van der Waals surface area contributed by atoms with Gasteiger partial charge in [-0.25, -0.2) is 0 Å². The van der Waals surface area contributed by atoms with Crippen LogP contribution in [0.4, 0.5) is 0 Å². The summed E-state index contributed by atoms with van der Waals surface area (Å²) in [6.07, 6.45) is 5.75. The van der Waals surface area contributed by atoms with Crippen molar-refractivity contribution in [3.63, 3.8) is 0 Å². The van der Waals surface area contributed by atoms with Gasteiger partial charge in [-0.15, -0.1) is 0 Å². The summed E-state index contributed by atoms with van der Waals surface area (Å²) in [6, 6.07) is 13.0. The highest BCUT2D eigenvalue weighted by molar-refractivity contribution is 5.93. The quantitative estimate of drug-likeness (QED) is 0.335. The molecule has 0 unspecified atom stereocenters. The molecule has 11 heteroatoms. The number of rotatable bonds is 7. The maximum Gasteiger partial charge on any atom is 0.273 e. The Bertz CT molecular complexity index is 1430. The summed E-state index contributed by atoms with van der Waals surface area (Å²) in [5, 5.41) is 39.6. The highest BCUT2D eigenvalue weighted by atomic mass is 16.5. The number of carbonyl (C=O) groups is 2. The second-order valence-corrected chi connectivity index (χ2v) is 10.6. The number of phenols is 2. The van der Waals surface area contributed by atoms with Gasteiger partial charge in [0.15, 0.2) is 11.5 Å². The van der Waals surface area contributed by atoms with Gasteiger partial charge in [0.2, 0.25) is 5.91 Å². The molecular weight excluding hydrogens is 526 g/mol. The van der Waals surface area contributed by atoms with E-state index in [-0.39, 0.29) is 58.2 Å². The number of amides is 2. The highest BCUT2D eigenvalue weighted by Gasteiger charge is 2.30. The lowest BCUT2D eigenvalue weighted by Crippen LogP contribution is -2.50. The third kappa shape index (κ3) is 6.78. The van der Waals surface area contributed by atoms with Crippen molar-refractivity contribution in [2.75, 3.05) is 13.1 Å². The van der Waals surface area contributed by atoms with Gasteiger partial charge in [-0.2, -0.15) is 5.26 Å². The molecule has 41 heavy (non-hydrogen) atoms. The Labute approximate surface area is 237 Å². The van der Waals surface area contributed by atoms with Gasteiger partial charge in [-0.3, -0.25) is 9.59 Å². The predicted molar refractivity (Wildman–Crippen MR) is 148 cm³/mol. The zero-order valence-electron chi connectivity index (χ0n) is 22.8. The average molecular weight is 560 g/mol. The Hall–Kier alpha value is -4.56. The fraction of sp³-hybridized carbons (Fsp3) is 0.400. The lowest BCUT2D eigenvalue weighted by atomic mass is 9.88. The zero-order chi connectivity index (χ0) is 28.9. The van der Waals surface area contributed by atoms with Crippen LogP contribution in [0.3, 0.4) is 0 Å². The second-order valence-electron chi connectivity index (χ2n) is 10.6. The Kier molecular flexibility index (Phi) is 8.40. The van der Waals surface area contributed by atoms with E-state index in [1.165, 1.54) is 12.1 Å². The van der Waals surface area contributed by atoms with Crippen LogP contribution >= 0.6 is 0 Å². The maximum atomic E-state index is 13.0. The Morgan fingerprint density at radius 3 is 2.34 bits per heavy atom. The van der Waals surface area contributed by atoms with Crippen LogP contribution in [0.5, 0.6) is 23.0 Å². The molecule has 3 aromatic rings. The van der Waals surface area contributed by atoms with E-state index >= 15 is 0 Å². The number of ether oxygens (including phenoxy) is 1. The number of piperidine rings is 1. The summed E-state index contributed by atoms with van der Waals surface area (Å²) in [5.74, 6) is -0.313. The minimum Gasteiger partial charge on any atom is -0.508 e. The summed E-state index contributed by atoms with van der Waals surface area (Å²) in [4.78, 5) is 26.8. The van der Waals surface area contributed by atoms with E-state index in [1.807, 2.05) is 6.07 Å².